The summed E-state index contributed by atoms with van der Waals surface area (Å²) >= 11 is 5.74. The number of oxime groups is 1. The number of halogens is 1. The van der Waals surface area contributed by atoms with Crippen LogP contribution in [0.5, 0.6) is 0 Å². The predicted molar refractivity (Wildman–Crippen MR) is 50.8 cm³/mol. The van der Waals surface area contributed by atoms with E-state index < -0.39 is 0 Å². The second kappa shape index (κ2) is 3.65. The summed E-state index contributed by atoms with van der Waals surface area (Å²) in [4.78, 5) is 0. The summed E-state index contributed by atoms with van der Waals surface area (Å²) in [5.41, 5.74) is 0.448. The van der Waals surface area contributed by atoms with Crippen LogP contribution in [-0.4, -0.2) is 10.4 Å². The lowest BCUT2D eigenvalue weighted by Gasteiger charge is -2.33. The Kier molecular flexibility index (Phi) is 2.99. The van der Waals surface area contributed by atoms with Gasteiger partial charge in [-0.1, -0.05) is 30.6 Å². The van der Waals surface area contributed by atoms with Gasteiger partial charge in [0.05, 0.1) is 0 Å². The fourth-order valence-electron chi connectivity index (χ4n) is 1.72. The average molecular weight is 190 g/mol. The molecule has 0 aromatic carbocycles. The number of hydrogen-bond donors (Lipinski definition) is 1. The van der Waals surface area contributed by atoms with Crippen LogP contribution < -0.4 is 0 Å². The maximum Gasteiger partial charge on any atom is 0.148 e. The highest BCUT2D eigenvalue weighted by atomic mass is 35.5. The topological polar surface area (TPSA) is 32.6 Å². The van der Waals surface area contributed by atoms with E-state index in [9.17, 15) is 0 Å². The molecule has 70 valence electrons. The summed E-state index contributed by atoms with van der Waals surface area (Å²) < 4.78 is 0. The van der Waals surface area contributed by atoms with Crippen molar-refractivity contribution in [3.8, 4) is 0 Å². The van der Waals surface area contributed by atoms with Crippen molar-refractivity contribution in [2.45, 2.75) is 39.5 Å². The second-order valence-corrected chi connectivity index (χ2v) is 4.75. The highest BCUT2D eigenvalue weighted by molar-refractivity contribution is 6.65. The standard InChI is InChI=1S/C9H16ClNO/c1-9(2)5-3-7(4-6-9)8(10)11-12/h7,12H,3-6H2,1-2H3. The number of hydrogen-bond acceptors (Lipinski definition) is 2. The molecule has 0 bridgehead atoms. The lowest BCUT2D eigenvalue weighted by Crippen LogP contribution is -2.24. The van der Waals surface area contributed by atoms with Crippen LogP contribution in [-0.2, 0) is 0 Å². The molecule has 0 aliphatic heterocycles. The fraction of sp³-hybridized carbons (Fsp3) is 0.889. The average Bonchev–Trinajstić information content (AvgIpc) is 2.03. The minimum atomic E-state index is 0.296. The van der Waals surface area contributed by atoms with Gasteiger partial charge < -0.3 is 5.21 Å². The van der Waals surface area contributed by atoms with Crippen LogP contribution in [0.3, 0.4) is 0 Å². The Morgan fingerprint density at radius 1 is 1.42 bits per heavy atom. The molecule has 1 aliphatic rings. The van der Waals surface area contributed by atoms with Gasteiger partial charge in [0.25, 0.3) is 0 Å². The lowest BCUT2D eigenvalue weighted by molar-refractivity contribution is 0.218. The van der Waals surface area contributed by atoms with Crippen molar-refractivity contribution in [1.82, 2.24) is 0 Å². The van der Waals surface area contributed by atoms with Crippen molar-refractivity contribution in [3.05, 3.63) is 0 Å². The van der Waals surface area contributed by atoms with Crippen LogP contribution in [0, 0.1) is 11.3 Å². The molecular weight excluding hydrogens is 174 g/mol. The van der Waals surface area contributed by atoms with Gasteiger partial charge in [-0.25, -0.2) is 0 Å². The molecule has 3 heteroatoms. The molecule has 0 atom stereocenters. The fourth-order valence-corrected chi connectivity index (χ4v) is 1.94. The Bertz CT molecular complexity index is 179. The summed E-state index contributed by atoms with van der Waals surface area (Å²) in [6.07, 6.45) is 4.44. The van der Waals surface area contributed by atoms with Crippen LogP contribution in [0.4, 0.5) is 0 Å². The van der Waals surface area contributed by atoms with Crippen molar-refractivity contribution < 1.29 is 5.21 Å². The molecule has 0 spiro atoms. The van der Waals surface area contributed by atoms with E-state index in [2.05, 4.69) is 19.0 Å². The van der Waals surface area contributed by atoms with E-state index in [1.807, 2.05) is 0 Å². The zero-order valence-corrected chi connectivity index (χ0v) is 8.43. The molecule has 1 saturated carbocycles. The molecular formula is C9H16ClNO. The van der Waals surface area contributed by atoms with Crippen LogP contribution in [0.25, 0.3) is 0 Å². The zero-order chi connectivity index (χ0) is 9.19. The minimum Gasteiger partial charge on any atom is -0.410 e. The summed E-state index contributed by atoms with van der Waals surface area (Å²) in [5.74, 6) is 0.296. The summed E-state index contributed by atoms with van der Waals surface area (Å²) in [6.45, 7) is 4.54. The van der Waals surface area contributed by atoms with Crippen molar-refractivity contribution in [3.63, 3.8) is 0 Å². The molecule has 0 saturated heterocycles. The number of nitrogens with zero attached hydrogens (tertiary/aromatic N) is 1. The Morgan fingerprint density at radius 2 is 1.92 bits per heavy atom. The van der Waals surface area contributed by atoms with Gasteiger partial charge in [0.1, 0.15) is 5.17 Å². The summed E-state index contributed by atoms with van der Waals surface area (Å²) in [5, 5.41) is 11.9. The van der Waals surface area contributed by atoms with E-state index in [1.165, 1.54) is 12.8 Å². The van der Waals surface area contributed by atoms with Gasteiger partial charge in [-0.3, -0.25) is 0 Å². The van der Waals surface area contributed by atoms with E-state index in [-0.39, 0.29) is 0 Å². The van der Waals surface area contributed by atoms with Crippen LogP contribution in [0.1, 0.15) is 39.5 Å². The van der Waals surface area contributed by atoms with Gasteiger partial charge in [0.15, 0.2) is 0 Å². The Balaban J connectivity index is 2.47. The van der Waals surface area contributed by atoms with Gasteiger partial charge >= 0.3 is 0 Å². The molecule has 0 radical (unpaired) electrons. The highest BCUT2D eigenvalue weighted by Crippen LogP contribution is 2.38. The van der Waals surface area contributed by atoms with Crippen LogP contribution in [0.15, 0.2) is 5.16 Å². The predicted octanol–water partition coefficient (Wildman–Crippen LogP) is 3.23. The molecule has 0 unspecified atom stereocenters. The van der Waals surface area contributed by atoms with Gasteiger partial charge in [-0.15, -0.1) is 0 Å². The molecule has 12 heavy (non-hydrogen) atoms. The molecule has 1 N–H and O–H groups in total. The lowest BCUT2D eigenvalue weighted by atomic mass is 9.73. The largest absolute Gasteiger partial charge is 0.410 e. The SMILES string of the molecule is CC1(C)CCC(C(Cl)=NO)CC1. The zero-order valence-electron chi connectivity index (χ0n) is 7.68. The van der Waals surface area contributed by atoms with Crippen molar-refractivity contribution in [2.24, 2.45) is 16.5 Å². The summed E-state index contributed by atoms with van der Waals surface area (Å²) in [7, 11) is 0. The van der Waals surface area contributed by atoms with E-state index >= 15 is 0 Å². The summed E-state index contributed by atoms with van der Waals surface area (Å²) in [6, 6.07) is 0. The first-order valence-electron chi connectivity index (χ1n) is 4.42. The van der Waals surface area contributed by atoms with E-state index in [0.29, 0.717) is 16.5 Å². The molecule has 0 amide bonds. The van der Waals surface area contributed by atoms with E-state index in [4.69, 9.17) is 16.8 Å². The monoisotopic (exact) mass is 189 g/mol. The molecule has 0 aromatic heterocycles. The Hall–Kier alpha value is -0.240. The maximum absolute atomic E-state index is 8.47. The van der Waals surface area contributed by atoms with Crippen molar-refractivity contribution >= 4 is 16.8 Å². The van der Waals surface area contributed by atoms with Gasteiger partial charge in [-0.2, -0.15) is 0 Å². The van der Waals surface area contributed by atoms with Crippen molar-refractivity contribution in [1.29, 1.82) is 0 Å². The Morgan fingerprint density at radius 3 is 2.33 bits per heavy atom. The molecule has 1 fully saturated rings. The third-order valence-corrected chi connectivity index (χ3v) is 3.16. The second-order valence-electron chi connectivity index (χ2n) is 4.36. The van der Waals surface area contributed by atoms with Gasteiger partial charge in [0.2, 0.25) is 0 Å². The maximum atomic E-state index is 8.47. The smallest absolute Gasteiger partial charge is 0.148 e. The van der Waals surface area contributed by atoms with E-state index in [1.54, 1.807) is 0 Å². The van der Waals surface area contributed by atoms with E-state index in [0.717, 1.165) is 12.8 Å². The number of rotatable bonds is 1. The quantitative estimate of drug-likeness (QED) is 0.384. The molecule has 0 heterocycles. The molecule has 2 nitrogen and oxygen atoms in total. The molecule has 1 rings (SSSR count). The third-order valence-electron chi connectivity index (χ3n) is 2.77. The van der Waals surface area contributed by atoms with Crippen LogP contribution in [0.2, 0.25) is 0 Å². The first-order chi connectivity index (χ1) is 5.55. The Labute approximate surface area is 78.6 Å². The van der Waals surface area contributed by atoms with Crippen molar-refractivity contribution in [2.75, 3.05) is 0 Å². The molecule has 0 aromatic rings. The van der Waals surface area contributed by atoms with Gasteiger partial charge in [-0.05, 0) is 31.1 Å². The minimum absolute atomic E-state index is 0.296. The van der Waals surface area contributed by atoms with Gasteiger partial charge in [0, 0.05) is 5.92 Å². The van der Waals surface area contributed by atoms with Crippen LogP contribution >= 0.6 is 11.6 Å². The molecule has 1 aliphatic carbocycles. The first-order valence-corrected chi connectivity index (χ1v) is 4.80. The highest BCUT2D eigenvalue weighted by Gasteiger charge is 2.28. The first kappa shape index (κ1) is 9.85. The normalized spacial score (nSPS) is 25.8. The third kappa shape index (κ3) is 2.37.